The van der Waals surface area contributed by atoms with Gasteiger partial charge in [-0.3, -0.25) is 4.79 Å². The van der Waals surface area contributed by atoms with Crippen LogP contribution >= 0.6 is 0 Å². The molecule has 0 aliphatic heterocycles. The Balaban J connectivity index is 2.60. The normalized spacial score (nSPS) is 11.3. The number of amides is 1. The summed E-state index contributed by atoms with van der Waals surface area (Å²) in [6, 6.07) is 4.32. The van der Waals surface area contributed by atoms with Crippen molar-refractivity contribution in [1.29, 1.82) is 0 Å². The summed E-state index contributed by atoms with van der Waals surface area (Å²) >= 11 is 0. The monoisotopic (exact) mass is 246 g/mol. The molecule has 0 bridgehead atoms. The smallest absolute Gasteiger partial charge is 0.325 e. The highest BCUT2D eigenvalue weighted by Crippen LogP contribution is 2.29. The number of rotatable bonds is 4. The third kappa shape index (κ3) is 4.44. The quantitative estimate of drug-likeness (QED) is 0.855. The van der Waals surface area contributed by atoms with Crippen LogP contribution in [-0.4, -0.2) is 19.0 Å². The third-order valence-electron chi connectivity index (χ3n) is 2.03. The number of carbonyl (C=O) groups excluding carboxylic acids is 1. The number of hydrogen-bond donors (Lipinski definition) is 2. The van der Waals surface area contributed by atoms with E-state index in [1.54, 1.807) is 0 Å². The van der Waals surface area contributed by atoms with Crippen molar-refractivity contribution in [2.45, 2.75) is 13.1 Å². The van der Waals surface area contributed by atoms with Gasteiger partial charge in [0.05, 0.1) is 12.1 Å². The van der Waals surface area contributed by atoms with E-state index < -0.39 is 11.7 Å². The first-order chi connectivity index (χ1) is 7.93. The van der Waals surface area contributed by atoms with Crippen LogP contribution in [0.4, 0.5) is 18.9 Å². The van der Waals surface area contributed by atoms with Gasteiger partial charge in [0, 0.05) is 5.69 Å². The van der Waals surface area contributed by atoms with Crippen LogP contribution in [0.2, 0.25) is 0 Å². The molecule has 6 heteroatoms. The van der Waals surface area contributed by atoms with Gasteiger partial charge in [0.15, 0.2) is 0 Å². The van der Waals surface area contributed by atoms with Crippen LogP contribution in [0.25, 0.3) is 0 Å². The molecule has 0 heterocycles. The highest BCUT2D eigenvalue weighted by Gasteiger charge is 2.29. The van der Waals surface area contributed by atoms with Crippen molar-refractivity contribution in [3.8, 4) is 0 Å². The standard InChI is InChI=1S/C11H13F3N2O/c1-2-15-7-10(17)16-9-5-3-8(4-6-9)11(12,13)14/h3-6,15H,2,7H2,1H3,(H,16,17). The summed E-state index contributed by atoms with van der Waals surface area (Å²) in [7, 11) is 0. The molecular weight excluding hydrogens is 233 g/mol. The van der Waals surface area contributed by atoms with Crippen molar-refractivity contribution in [3.63, 3.8) is 0 Å². The minimum atomic E-state index is -4.35. The molecule has 0 saturated heterocycles. The predicted octanol–water partition coefficient (Wildman–Crippen LogP) is 2.25. The molecule has 2 N–H and O–H groups in total. The van der Waals surface area contributed by atoms with E-state index >= 15 is 0 Å². The molecular formula is C11H13F3N2O. The van der Waals surface area contributed by atoms with E-state index in [1.165, 1.54) is 12.1 Å². The Morgan fingerprint density at radius 3 is 2.29 bits per heavy atom. The zero-order valence-corrected chi connectivity index (χ0v) is 9.27. The van der Waals surface area contributed by atoms with Gasteiger partial charge in [0.2, 0.25) is 5.91 Å². The number of anilines is 1. The first-order valence-corrected chi connectivity index (χ1v) is 5.11. The Hall–Kier alpha value is -1.56. The second-order valence-corrected chi connectivity index (χ2v) is 3.40. The minimum Gasteiger partial charge on any atom is -0.325 e. The fraction of sp³-hybridized carbons (Fsp3) is 0.364. The molecule has 0 aliphatic rings. The zero-order chi connectivity index (χ0) is 12.9. The number of halogens is 3. The summed E-state index contributed by atoms with van der Waals surface area (Å²) in [6.07, 6.45) is -4.35. The van der Waals surface area contributed by atoms with Crippen molar-refractivity contribution in [1.82, 2.24) is 5.32 Å². The molecule has 0 saturated carbocycles. The molecule has 0 spiro atoms. The van der Waals surface area contributed by atoms with Gasteiger partial charge in [-0.05, 0) is 30.8 Å². The molecule has 1 amide bonds. The van der Waals surface area contributed by atoms with Gasteiger partial charge >= 0.3 is 6.18 Å². The van der Waals surface area contributed by atoms with Crippen LogP contribution in [0.15, 0.2) is 24.3 Å². The van der Waals surface area contributed by atoms with Crippen molar-refractivity contribution in [2.75, 3.05) is 18.4 Å². The maximum atomic E-state index is 12.3. The van der Waals surface area contributed by atoms with Crippen LogP contribution < -0.4 is 10.6 Å². The van der Waals surface area contributed by atoms with E-state index in [9.17, 15) is 18.0 Å². The summed E-state index contributed by atoms with van der Waals surface area (Å²) < 4.78 is 36.8. The van der Waals surface area contributed by atoms with Crippen LogP contribution in [0.1, 0.15) is 12.5 Å². The molecule has 0 fully saturated rings. The largest absolute Gasteiger partial charge is 0.416 e. The summed E-state index contributed by atoms with van der Waals surface area (Å²) in [5, 5.41) is 5.30. The van der Waals surface area contributed by atoms with E-state index in [1.807, 2.05) is 6.92 Å². The van der Waals surface area contributed by atoms with Crippen LogP contribution in [0, 0.1) is 0 Å². The van der Waals surface area contributed by atoms with Crippen molar-refractivity contribution >= 4 is 11.6 Å². The lowest BCUT2D eigenvalue weighted by Crippen LogP contribution is -2.27. The second kappa shape index (κ2) is 5.67. The van der Waals surface area contributed by atoms with Crippen LogP contribution in [0.3, 0.4) is 0 Å². The summed E-state index contributed by atoms with van der Waals surface area (Å²) in [6.45, 7) is 2.64. The van der Waals surface area contributed by atoms with E-state index in [0.29, 0.717) is 12.2 Å². The molecule has 17 heavy (non-hydrogen) atoms. The Morgan fingerprint density at radius 1 is 1.24 bits per heavy atom. The Morgan fingerprint density at radius 2 is 1.82 bits per heavy atom. The Bertz CT molecular complexity index is 373. The average Bonchev–Trinajstić information content (AvgIpc) is 2.26. The van der Waals surface area contributed by atoms with Crippen molar-refractivity contribution < 1.29 is 18.0 Å². The number of nitrogens with one attached hydrogen (secondary N) is 2. The van der Waals surface area contributed by atoms with Gasteiger partial charge in [-0.15, -0.1) is 0 Å². The number of alkyl halides is 3. The summed E-state index contributed by atoms with van der Waals surface area (Å²) in [4.78, 5) is 11.3. The van der Waals surface area contributed by atoms with Gasteiger partial charge in [-0.25, -0.2) is 0 Å². The predicted molar refractivity (Wildman–Crippen MR) is 58.6 cm³/mol. The number of carbonyl (C=O) groups is 1. The summed E-state index contributed by atoms with van der Waals surface area (Å²) in [5.74, 6) is -0.286. The first-order valence-electron chi connectivity index (χ1n) is 5.11. The highest BCUT2D eigenvalue weighted by atomic mass is 19.4. The van der Waals surface area contributed by atoms with Crippen molar-refractivity contribution in [2.24, 2.45) is 0 Å². The summed E-state index contributed by atoms with van der Waals surface area (Å²) in [5.41, 5.74) is -0.386. The second-order valence-electron chi connectivity index (χ2n) is 3.40. The van der Waals surface area contributed by atoms with Gasteiger partial charge < -0.3 is 10.6 Å². The van der Waals surface area contributed by atoms with Crippen molar-refractivity contribution in [3.05, 3.63) is 29.8 Å². The Kier molecular flexibility index (Phi) is 4.51. The minimum absolute atomic E-state index is 0.136. The molecule has 1 aromatic rings. The maximum absolute atomic E-state index is 12.3. The maximum Gasteiger partial charge on any atom is 0.416 e. The van der Waals surface area contributed by atoms with Gasteiger partial charge in [-0.1, -0.05) is 6.92 Å². The molecule has 0 radical (unpaired) electrons. The van der Waals surface area contributed by atoms with E-state index in [4.69, 9.17) is 0 Å². The molecule has 0 aliphatic carbocycles. The van der Waals surface area contributed by atoms with Gasteiger partial charge in [0.1, 0.15) is 0 Å². The molecule has 0 aromatic heterocycles. The van der Waals surface area contributed by atoms with Gasteiger partial charge in [-0.2, -0.15) is 13.2 Å². The van der Waals surface area contributed by atoms with Crippen LogP contribution in [0.5, 0.6) is 0 Å². The molecule has 94 valence electrons. The molecule has 1 aromatic carbocycles. The first kappa shape index (κ1) is 13.5. The fourth-order valence-corrected chi connectivity index (χ4v) is 1.19. The lowest BCUT2D eigenvalue weighted by molar-refractivity contribution is -0.137. The zero-order valence-electron chi connectivity index (χ0n) is 9.27. The highest BCUT2D eigenvalue weighted by molar-refractivity contribution is 5.92. The Labute approximate surface area is 97.0 Å². The number of likely N-dealkylation sites (N-methyl/N-ethyl adjacent to an activating group) is 1. The number of hydrogen-bond acceptors (Lipinski definition) is 2. The molecule has 1 rings (SSSR count). The lowest BCUT2D eigenvalue weighted by atomic mass is 10.2. The third-order valence-corrected chi connectivity index (χ3v) is 2.03. The van der Waals surface area contributed by atoms with E-state index in [2.05, 4.69) is 10.6 Å². The van der Waals surface area contributed by atoms with E-state index in [0.717, 1.165) is 12.1 Å². The van der Waals surface area contributed by atoms with Crippen LogP contribution in [-0.2, 0) is 11.0 Å². The molecule has 0 unspecified atom stereocenters. The molecule has 3 nitrogen and oxygen atoms in total. The topological polar surface area (TPSA) is 41.1 Å². The average molecular weight is 246 g/mol. The number of benzene rings is 1. The van der Waals surface area contributed by atoms with Gasteiger partial charge in [0.25, 0.3) is 0 Å². The molecule has 0 atom stereocenters. The lowest BCUT2D eigenvalue weighted by Gasteiger charge is -2.08. The fourth-order valence-electron chi connectivity index (χ4n) is 1.19. The van der Waals surface area contributed by atoms with E-state index in [-0.39, 0.29) is 12.5 Å². The SMILES string of the molecule is CCNCC(=O)Nc1ccc(C(F)(F)F)cc1.